The van der Waals surface area contributed by atoms with Gasteiger partial charge in [0.25, 0.3) is 0 Å². The third-order valence-electron chi connectivity index (χ3n) is 6.02. The molecule has 0 aromatic carbocycles. The summed E-state index contributed by atoms with van der Waals surface area (Å²) < 4.78 is 0. The third kappa shape index (κ3) is 3.76. The van der Waals surface area contributed by atoms with E-state index in [1.165, 1.54) is 45.6 Å². The summed E-state index contributed by atoms with van der Waals surface area (Å²) in [6, 6.07) is 0. The van der Waals surface area contributed by atoms with Gasteiger partial charge < -0.3 is 10.2 Å². The first kappa shape index (κ1) is 16.3. The second kappa shape index (κ2) is 5.96. The van der Waals surface area contributed by atoms with Crippen LogP contribution in [0.2, 0.25) is 0 Å². The molecule has 2 nitrogen and oxygen atoms in total. The van der Waals surface area contributed by atoms with Crippen LogP contribution in [0.1, 0.15) is 54.4 Å². The maximum atomic E-state index is 3.38. The number of nitrogens with one attached hydrogen (secondary N) is 1. The van der Waals surface area contributed by atoms with Gasteiger partial charge in [-0.05, 0) is 54.5 Å². The molecule has 2 aliphatic heterocycles. The van der Waals surface area contributed by atoms with E-state index in [0.717, 1.165) is 17.8 Å². The SMILES string of the molecule is CC(C)C(C)C1(C)CN(CC(C)(C)CCC2CNC2)C1. The molecule has 2 heterocycles. The van der Waals surface area contributed by atoms with Crippen LogP contribution in [0.4, 0.5) is 0 Å². The van der Waals surface area contributed by atoms with Crippen molar-refractivity contribution in [3.05, 3.63) is 0 Å². The van der Waals surface area contributed by atoms with Crippen LogP contribution in [0, 0.1) is 28.6 Å². The quantitative estimate of drug-likeness (QED) is 0.766. The first-order chi connectivity index (χ1) is 9.22. The predicted molar refractivity (Wildman–Crippen MR) is 87.9 cm³/mol. The highest BCUT2D eigenvalue weighted by Crippen LogP contribution is 2.42. The van der Waals surface area contributed by atoms with Gasteiger partial charge in [-0.2, -0.15) is 0 Å². The standard InChI is InChI=1S/C18H36N2/c1-14(2)15(3)18(6)12-20(13-18)11-17(4,5)8-7-16-9-19-10-16/h14-16,19H,7-13H2,1-6H3. The zero-order valence-corrected chi connectivity index (χ0v) is 14.6. The van der Waals surface area contributed by atoms with Crippen molar-refractivity contribution < 1.29 is 0 Å². The van der Waals surface area contributed by atoms with Gasteiger partial charge in [-0.25, -0.2) is 0 Å². The summed E-state index contributed by atoms with van der Waals surface area (Å²) in [6.07, 6.45) is 2.79. The molecule has 0 spiro atoms. The van der Waals surface area contributed by atoms with Gasteiger partial charge >= 0.3 is 0 Å². The van der Waals surface area contributed by atoms with Gasteiger partial charge in [-0.1, -0.05) is 41.5 Å². The Balaban J connectivity index is 1.72. The predicted octanol–water partition coefficient (Wildman–Crippen LogP) is 3.63. The zero-order valence-electron chi connectivity index (χ0n) is 14.6. The van der Waals surface area contributed by atoms with Crippen molar-refractivity contribution >= 4 is 0 Å². The Hall–Kier alpha value is -0.0800. The molecule has 118 valence electrons. The van der Waals surface area contributed by atoms with Gasteiger partial charge in [0.1, 0.15) is 0 Å². The monoisotopic (exact) mass is 280 g/mol. The maximum absolute atomic E-state index is 3.38. The van der Waals surface area contributed by atoms with E-state index in [0.29, 0.717) is 10.8 Å². The molecule has 0 bridgehead atoms. The van der Waals surface area contributed by atoms with Gasteiger partial charge in [-0.15, -0.1) is 0 Å². The Morgan fingerprint density at radius 3 is 2.25 bits per heavy atom. The second-order valence-electron chi connectivity index (χ2n) is 9.06. The van der Waals surface area contributed by atoms with Gasteiger partial charge in [-0.3, -0.25) is 0 Å². The Morgan fingerprint density at radius 1 is 1.20 bits per heavy atom. The summed E-state index contributed by atoms with van der Waals surface area (Å²) >= 11 is 0. The molecular weight excluding hydrogens is 244 g/mol. The van der Waals surface area contributed by atoms with Crippen LogP contribution in [0.5, 0.6) is 0 Å². The summed E-state index contributed by atoms with van der Waals surface area (Å²) in [5.41, 5.74) is 1.04. The van der Waals surface area contributed by atoms with Crippen LogP contribution in [-0.4, -0.2) is 37.6 Å². The molecule has 0 saturated carbocycles. The van der Waals surface area contributed by atoms with E-state index in [9.17, 15) is 0 Å². The normalized spacial score (nSPS) is 25.4. The number of nitrogens with zero attached hydrogens (tertiary/aromatic N) is 1. The molecule has 1 atom stereocenters. The fourth-order valence-corrected chi connectivity index (χ4v) is 4.01. The van der Waals surface area contributed by atoms with E-state index in [1.54, 1.807) is 0 Å². The van der Waals surface area contributed by atoms with E-state index >= 15 is 0 Å². The fraction of sp³-hybridized carbons (Fsp3) is 1.00. The summed E-state index contributed by atoms with van der Waals surface area (Å²) in [5.74, 6) is 2.60. The lowest BCUT2D eigenvalue weighted by Gasteiger charge is -2.54. The highest BCUT2D eigenvalue weighted by atomic mass is 15.2. The minimum Gasteiger partial charge on any atom is -0.316 e. The van der Waals surface area contributed by atoms with Crippen molar-refractivity contribution in [3.63, 3.8) is 0 Å². The lowest BCUT2D eigenvalue weighted by molar-refractivity contribution is -0.0591. The highest BCUT2D eigenvalue weighted by Gasteiger charge is 2.44. The first-order valence-electron chi connectivity index (χ1n) is 8.65. The highest BCUT2D eigenvalue weighted by molar-refractivity contribution is 4.97. The van der Waals surface area contributed by atoms with Gasteiger partial charge in [0.2, 0.25) is 0 Å². The summed E-state index contributed by atoms with van der Waals surface area (Å²) in [6.45, 7) is 21.0. The molecule has 2 fully saturated rings. The molecule has 1 unspecified atom stereocenters. The molecule has 0 radical (unpaired) electrons. The zero-order chi connectivity index (χ0) is 15.0. The maximum Gasteiger partial charge on any atom is 0.00507 e. The lowest BCUT2D eigenvalue weighted by Crippen LogP contribution is -2.60. The molecular formula is C18H36N2. The molecule has 1 N–H and O–H groups in total. The number of likely N-dealkylation sites (tertiary alicyclic amines) is 1. The van der Waals surface area contributed by atoms with Gasteiger partial charge in [0.05, 0.1) is 0 Å². The van der Waals surface area contributed by atoms with Crippen molar-refractivity contribution in [1.29, 1.82) is 0 Å². The Bertz CT molecular complexity index is 311. The Labute approximate surface area is 126 Å². The van der Waals surface area contributed by atoms with Gasteiger partial charge in [0.15, 0.2) is 0 Å². The van der Waals surface area contributed by atoms with Crippen LogP contribution < -0.4 is 5.32 Å². The van der Waals surface area contributed by atoms with Crippen LogP contribution in [0.25, 0.3) is 0 Å². The number of hydrogen-bond acceptors (Lipinski definition) is 2. The van der Waals surface area contributed by atoms with Crippen LogP contribution in [0.3, 0.4) is 0 Å². The van der Waals surface area contributed by atoms with Crippen molar-refractivity contribution in [2.75, 3.05) is 32.7 Å². The smallest absolute Gasteiger partial charge is 0.00507 e. The third-order valence-corrected chi connectivity index (χ3v) is 6.02. The van der Waals surface area contributed by atoms with Crippen molar-refractivity contribution in [1.82, 2.24) is 10.2 Å². The van der Waals surface area contributed by atoms with Gasteiger partial charge in [0, 0.05) is 19.6 Å². The largest absolute Gasteiger partial charge is 0.316 e. The van der Waals surface area contributed by atoms with Crippen LogP contribution in [0.15, 0.2) is 0 Å². The van der Waals surface area contributed by atoms with E-state index in [4.69, 9.17) is 0 Å². The Morgan fingerprint density at radius 2 is 1.80 bits per heavy atom. The minimum absolute atomic E-state index is 0.484. The summed E-state index contributed by atoms with van der Waals surface area (Å²) in [7, 11) is 0. The van der Waals surface area contributed by atoms with Crippen LogP contribution >= 0.6 is 0 Å². The Kier molecular flexibility index (Phi) is 4.86. The lowest BCUT2D eigenvalue weighted by atomic mass is 9.67. The van der Waals surface area contributed by atoms with Crippen LogP contribution in [-0.2, 0) is 0 Å². The second-order valence-corrected chi connectivity index (χ2v) is 9.06. The van der Waals surface area contributed by atoms with Crippen molar-refractivity contribution in [2.45, 2.75) is 54.4 Å². The molecule has 0 aliphatic carbocycles. The average Bonchev–Trinajstić information content (AvgIpc) is 2.22. The number of hydrogen-bond donors (Lipinski definition) is 1. The molecule has 2 aliphatic rings. The van der Waals surface area contributed by atoms with Crippen molar-refractivity contribution in [2.24, 2.45) is 28.6 Å². The molecule has 0 aromatic heterocycles. The summed E-state index contributed by atoms with van der Waals surface area (Å²) in [5, 5.41) is 3.38. The summed E-state index contributed by atoms with van der Waals surface area (Å²) in [4.78, 5) is 2.69. The number of rotatable bonds is 7. The van der Waals surface area contributed by atoms with E-state index in [2.05, 4.69) is 51.8 Å². The molecule has 0 amide bonds. The van der Waals surface area contributed by atoms with E-state index in [1.807, 2.05) is 0 Å². The first-order valence-corrected chi connectivity index (χ1v) is 8.65. The van der Waals surface area contributed by atoms with Crippen molar-refractivity contribution in [3.8, 4) is 0 Å². The molecule has 2 saturated heterocycles. The van der Waals surface area contributed by atoms with E-state index < -0.39 is 0 Å². The van der Waals surface area contributed by atoms with E-state index in [-0.39, 0.29) is 0 Å². The molecule has 2 rings (SSSR count). The molecule has 0 aromatic rings. The average molecular weight is 281 g/mol. The fourth-order valence-electron chi connectivity index (χ4n) is 4.01. The molecule has 2 heteroatoms. The minimum atomic E-state index is 0.484. The topological polar surface area (TPSA) is 15.3 Å². The molecule has 20 heavy (non-hydrogen) atoms.